The largest absolute Gasteiger partial charge is 0.416 e. The summed E-state index contributed by atoms with van der Waals surface area (Å²) in [6.07, 6.45) is -9.92. The Kier molecular flexibility index (Phi) is 11.5. The van der Waals surface area contributed by atoms with E-state index in [1.165, 1.54) is 0 Å². The Hall–Kier alpha value is -8.82. The highest BCUT2D eigenvalue weighted by atomic mass is 19.4. The van der Waals surface area contributed by atoms with E-state index >= 15 is 0 Å². The van der Waals surface area contributed by atoms with Gasteiger partial charge >= 0.3 is 12.4 Å². The molecule has 0 spiro atoms. The Morgan fingerprint density at radius 3 is 0.901 bits per heavy atom. The summed E-state index contributed by atoms with van der Waals surface area (Å²) >= 11 is 0. The molecule has 3 nitrogen and oxygen atoms in total. The first-order valence-corrected chi connectivity index (χ1v) is 23.0. The third-order valence-corrected chi connectivity index (χ3v) is 12.8. The normalized spacial score (nSPS) is 11.8. The number of aromatic nitrogens is 1. The molecule has 1 aromatic heterocycles. The molecule has 9 heteroatoms. The van der Waals surface area contributed by atoms with Crippen LogP contribution in [0.15, 0.2) is 249 Å². The maximum absolute atomic E-state index is 13.9. The molecule has 0 N–H and O–H groups in total. The average Bonchev–Trinajstić information content (AvgIpc) is 3.73. The van der Waals surface area contributed by atoms with Gasteiger partial charge in [-0.2, -0.15) is 26.3 Å². The first-order valence-electron chi connectivity index (χ1n) is 23.0. The second kappa shape index (κ2) is 18.3. The van der Waals surface area contributed by atoms with Crippen molar-refractivity contribution in [3.05, 3.63) is 260 Å². The molecule has 346 valence electrons. The molecule has 0 radical (unpaired) electrons. The molecular weight excluding hydrogens is 901 g/mol. The number of halogens is 6. The Balaban J connectivity index is 1.01. The Morgan fingerprint density at radius 2 is 0.563 bits per heavy atom. The van der Waals surface area contributed by atoms with Gasteiger partial charge in [-0.1, -0.05) is 121 Å². The zero-order chi connectivity index (χ0) is 48.7. The molecule has 10 aromatic carbocycles. The fourth-order valence-electron chi connectivity index (χ4n) is 9.39. The van der Waals surface area contributed by atoms with Gasteiger partial charge in [0.2, 0.25) is 0 Å². The number of para-hydroxylation sites is 4. The van der Waals surface area contributed by atoms with Crippen LogP contribution < -0.4 is 9.80 Å². The zero-order valence-electron chi connectivity index (χ0n) is 37.8. The van der Waals surface area contributed by atoms with Crippen LogP contribution in [0, 0.1) is 0 Å². The number of anilines is 6. The van der Waals surface area contributed by atoms with E-state index in [1.54, 1.807) is 24.3 Å². The molecule has 0 fully saturated rings. The molecule has 0 unspecified atom stereocenters. The third-order valence-electron chi connectivity index (χ3n) is 12.8. The Morgan fingerprint density at radius 1 is 0.268 bits per heavy atom. The van der Waals surface area contributed by atoms with Crippen LogP contribution >= 0.6 is 0 Å². The van der Waals surface area contributed by atoms with E-state index in [4.69, 9.17) is 0 Å². The second-order valence-corrected chi connectivity index (χ2v) is 17.2. The lowest BCUT2D eigenvalue weighted by Gasteiger charge is -2.25. The van der Waals surface area contributed by atoms with Crippen molar-refractivity contribution in [1.29, 1.82) is 0 Å². The fraction of sp³-hybridized carbons (Fsp3) is 0.0323. The Bertz CT molecular complexity index is 3330. The molecule has 0 bridgehead atoms. The lowest BCUT2D eigenvalue weighted by molar-refractivity contribution is -0.143. The summed E-state index contributed by atoms with van der Waals surface area (Å²) < 4.78 is 85.2. The van der Waals surface area contributed by atoms with Gasteiger partial charge in [-0.15, -0.1) is 0 Å². The molecule has 0 saturated carbocycles. The van der Waals surface area contributed by atoms with Crippen LogP contribution in [0.25, 0.3) is 60.9 Å². The molecular formula is C62H41F6N3. The van der Waals surface area contributed by atoms with Crippen molar-refractivity contribution in [3.8, 4) is 39.1 Å². The maximum Gasteiger partial charge on any atom is 0.416 e. The van der Waals surface area contributed by atoms with Crippen LogP contribution in [0.5, 0.6) is 0 Å². The highest BCUT2D eigenvalue weighted by Gasteiger charge is 2.37. The maximum atomic E-state index is 13.9. The van der Waals surface area contributed by atoms with Crippen LogP contribution in [0.2, 0.25) is 0 Å². The van der Waals surface area contributed by atoms with Crippen molar-refractivity contribution in [2.45, 2.75) is 12.4 Å². The molecule has 0 saturated heterocycles. The van der Waals surface area contributed by atoms with E-state index in [0.29, 0.717) is 5.69 Å². The van der Waals surface area contributed by atoms with Gasteiger partial charge in [-0.25, -0.2) is 0 Å². The van der Waals surface area contributed by atoms with Crippen LogP contribution in [-0.4, -0.2) is 4.57 Å². The first kappa shape index (κ1) is 44.7. The van der Waals surface area contributed by atoms with E-state index in [9.17, 15) is 26.3 Å². The quantitative estimate of drug-likeness (QED) is 0.127. The van der Waals surface area contributed by atoms with Crippen LogP contribution in [0.4, 0.5) is 60.5 Å². The summed E-state index contributed by atoms with van der Waals surface area (Å²) in [5.74, 6) is 0. The number of rotatable bonds is 10. The molecule has 1 heterocycles. The van der Waals surface area contributed by atoms with Crippen LogP contribution in [0.3, 0.4) is 0 Å². The Labute approximate surface area is 406 Å². The van der Waals surface area contributed by atoms with Crippen LogP contribution in [-0.2, 0) is 12.4 Å². The van der Waals surface area contributed by atoms with Crippen molar-refractivity contribution in [1.82, 2.24) is 4.57 Å². The van der Waals surface area contributed by atoms with E-state index in [2.05, 4.69) is 148 Å². The molecule has 71 heavy (non-hydrogen) atoms. The number of nitrogens with zero attached hydrogens (tertiary/aromatic N) is 3. The second-order valence-electron chi connectivity index (χ2n) is 17.2. The summed E-state index contributed by atoms with van der Waals surface area (Å²) in [6.45, 7) is 0. The van der Waals surface area contributed by atoms with Gasteiger partial charge in [0.15, 0.2) is 0 Å². The summed E-state index contributed by atoms with van der Waals surface area (Å²) in [5, 5.41) is 1.93. The average molecular weight is 942 g/mol. The van der Waals surface area contributed by atoms with E-state index in [-0.39, 0.29) is 17.2 Å². The number of benzene rings is 10. The molecule has 11 aromatic rings. The predicted molar refractivity (Wildman–Crippen MR) is 276 cm³/mol. The van der Waals surface area contributed by atoms with Gasteiger partial charge in [-0.05, 0) is 161 Å². The fourth-order valence-corrected chi connectivity index (χ4v) is 9.39. The standard InChI is InChI=1S/C62H41F6N3/c63-61(64,65)48-37-47(38-49(41-48)62(66,67)68)44-25-33-56(34-26-44)71-59-35-27-45(42-21-29-54(30-22-42)69(50-13-5-1-6-14-50)51-15-7-2-8-16-51)39-57(59)58-40-46(28-36-60(58)71)43-23-31-55(32-24-43)70(52-17-9-3-10-18-52)53-19-11-4-12-20-53/h1-41H. The predicted octanol–water partition coefficient (Wildman–Crippen LogP) is 18.8. The molecule has 0 atom stereocenters. The number of fused-ring (bicyclic) bond motifs is 3. The van der Waals surface area contributed by atoms with Crippen LogP contribution in [0.1, 0.15) is 11.1 Å². The molecule has 0 aliphatic rings. The summed E-state index contributed by atoms with van der Waals surface area (Å²) in [4.78, 5) is 4.42. The minimum absolute atomic E-state index is 0.148. The lowest BCUT2D eigenvalue weighted by atomic mass is 9.99. The van der Waals surface area contributed by atoms with Gasteiger partial charge in [0, 0.05) is 50.6 Å². The zero-order valence-corrected chi connectivity index (χ0v) is 37.8. The minimum Gasteiger partial charge on any atom is -0.311 e. The lowest BCUT2D eigenvalue weighted by Crippen LogP contribution is -2.11. The van der Waals surface area contributed by atoms with Crippen molar-refractivity contribution in [3.63, 3.8) is 0 Å². The number of alkyl halides is 6. The van der Waals surface area contributed by atoms with Crippen molar-refractivity contribution in [2.75, 3.05) is 9.80 Å². The highest BCUT2D eigenvalue weighted by Crippen LogP contribution is 2.43. The first-order chi connectivity index (χ1) is 34.5. The molecule has 0 aliphatic carbocycles. The van der Waals surface area contributed by atoms with Gasteiger partial charge in [0.1, 0.15) is 0 Å². The summed E-state index contributed by atoms with van der Waals surface area (Å²) in [5.41, 5.74) is 9.88. The van der Waals surface area contributed by atoms with Gasteiger partial charge < -0.3 is 14.4 Å². The van der Waals surface area contributed by atoms with Crippen molar-refractivity contribution in [2.24, 2.45) is 0 Å². The SMILES string of the molecule is FC(F)(F)c1cc(-c2ccc(-n3c4ccc(-c5ccc(N(c6ccccc6)c6ccccc6)cc5)cc4c4cc(-c5ccc(N(c6ccccc6)c6ccccc6)cc5)ccc43)cc2)cc(C(F)(F)F)c1. The van der Waals surface area contributed by atoms with Gasteiger partial charge in [-0.3, -0.25) is 0 Å². The van der Waals surface area contributed by atoms with E-state index in [1.807, 2.05) is 72.8 Å². The monoisotopic (exact) mass is 941 g/mol. The summed E-state index contributed by atoms with van der Waals surface area (Å²) in [7, 11) is 0. The van der Waals surface area contributed by atoms with Crippen molar-refractivity contribution < 1.29 is 26.3 Å². The van der Waals surface area contributed by atoms with Gasteiger partial charge in [0.05, 0.1) is 22.2 Å². The van der Waals surface area contributed by atoms with Gasteiger partial charge in [0.25, 0.3) is 0 Å². The van der Waals surface area contributed by atoms with E-state index < -0.39 is 23.5 Å². The van der Waals surface area contributed by atoms with Crippen molar-refractivity contribution >= 4 is 55.9 Å². The third kappa shape index (κ3) is 8.90. The number of hydrogen-bond acceptors (Lipinski definition) is 2. The smallest absolute Gasteiger partial charge is 0.311 e. The molecule has 0 aliphatic heterocycles. The van der Waals surface area contributed by atoms with E-state index in [0.717, 1.165) is 90.3 Å². The topological polar surface area (TPSA) is 11.4 Å². The summed E-state index contributed by atoms with van der Waals surface area (Å²) in [6, 6.07) is 78.7. The molecule has 11 rings (SSSR count). The minimum atomic E-state index is -4.96. The molecule has 0 amide bonds. The highest BCUT2D eigenvalue weighted by molar-refractivity contribution is 6.11. The number of hydrogen-bond donors (Lipinski definition) is 0.